The fraction of sp³-hybridized carbons (Fsp3) is 0.357. The lowest BCUT2D eigenvalue weighted by Gasteiger charge is -2.14. The molecule has 2 N–H and O–H groups in total. The van der Waals surface area contributed by atoms with Gasteiger partial charge in [0.1, 0.15) is 0 Å². The van der Waals surface area contributed by atoms with Crippen LogP contribution in [0.4, 0.5) is 0 Å². The van der Waals surface area contributed by atoms with Crippen molar-refractivity contribution < 1.29 is 4.74 Å². The van der Waals surface area contributed by atoms with E-state index in [0.29, 0.717) is 6.61 Å². The van der Waals surface area contributed by atoms with Crippen molar-refractivity contribution in [2.24, 2.45) is 5.73 Å². The highest BCUT2D eigenvalue weighted by atomic mass is 16.5. The number of pyridine rings is 1. The third-order valence-corrected chi connectivity index (χ3v) is 2.72. The van der Waals surface area contributed by atoms with Gasteiger partial charge in [0.25, 0.3) is 0 Å². The number of benzene rings is 1. The smallest absolute Gasteiger partial charge is 0.0705 e. The Kier molecular flexibility index (Phi) is 4.07. The van der Waals surface area contributed by atoms with E-state index in [4.69, 9.17) is 10.5 Å². The van der Waals surface area contributed by atoms with Crippen molar-refractivity contribution in [3.8, 4) is 0 Å². The molecule has 0 saturated carbocycles. The zero-order valence-corrected chi connectivity index (χ0v) is 10.1. The van der Waals surface area contributed by atoms with Gasteiger partial charge in [0, 0.05) is 18.2 Å². The Morgan fingerprint density at radius 1 is 1.29 bits per heavy atom. The molecule has 0 amide bonds. The van der Waals surface area contributed by atoms with E-state index in [0.717, 1.165) is 29.5 Å². The van der Waals surface area contributed by atoms with Crippen molar-refractivity contribution >= 4 is 10.9 Å². The summed E-state index contributed by atoms with van der Waals surface area (Å²) in [7, 11) is 0. The Labute approximate surface area is 102 Å². The van der Waals surface area contributed by atoms with Gasteiger partial charge in [-0.25, -0.2) is 0 Å². The SMILES string of the molecule is CCCOCC(N)c1cccc2ncccc12. The molecule has 17 heavy (non-hydrogen) atoms. The predicted molar refractivity (Wildman–Crippen MR) is 69.8 cm³/mol. The molecule has 0 radical (unpaired) electrons. The van der Waals surface area contributed by atoms with Crippen LogP contribution in [0.1, 0.15) is 24.9 Å². The van der Waals surface area contributed by atoms with E-state index in [-0.39, 0.29) is 6.04 Å². The summed E-state index contributed by atoms with van der Waals surface area (Å²) in [5.74, 6) is 0. The van der Waals surface area contributed by atoms with Crippen LogP contribution in [0, 0.1) is 0 Å². The molecule has 0 spiro atoms. The van der Waals surface area contributed by atoms with Crippen molar-refractivity contribution in [2.45, 2.75) is 19.4 Å². The summed E-state index contributed by atoms with van der Waals surface area (Å²) in [5.41, 5.74) is 8.23. The van der Waals surface area contributed by atoms with Crippen LogP contribution in [0.3, 0.4) is 0 Å². The lowest BCUT2D eigenvalue weighted by molar-refractivity contribution is 0.122. The van der Waals surface area contributed by atoms with Gasteiger partial charge in [0.2, 0.25) is 0 Å². The molecule has 3 heteroatoms. The molecular formula is C14H18N2O. The number of hydrogen-bond acceptors (Lipinski definition) is 3. The average molecular weight is 230 g/mol. The molecule has 0 aliphatic carbocycles. The Balaban J connectivity index is 2.22. The van der Waals surface area contributed by atoms with Gasteiger partial charge in [-0.05, 0) is 24.1 Å². The number of nitrogens with two attached hydrogens (primary N) is 1. The summed E-state index contributed by atoms with van der Waals surface area (Å²) >= 11 is 0. The largest absolute Gasteiger partial charge is 0.379 e. The monoisotopic (exact) mass is 230 g/mol. The van der Waals surface area contributed by atoms with Crippen LogP contribution in [0.25, 0.3) is 10.9 Å². The summed E-state index contributed by atoms with van der Waals surface area (Å²) in [4.78, 5) is 4.32. The second-order valence-corrected chi connectivity index (χ2v) is 4.10. The first-order valence-corrected chi connectivity index (χ1v) is 6.00. The van der Waals surface area contributed by atoms with E-state index in [9.17, 15) is 0 Å². The number of ether oxygens (including phenoxy) is 1. The average Bonchev–Trinajstić information content (AvgIpc) is 2.38. The molecule has 2 rings (SSSR count). The molecule has 0 aliphatic heterocycles. The Morgan fingerprint density at radius 3 is 3.00 bits per heavy atom. The zero-order valence-electron chi connectivity index (χ0n) is 10.1. The van der Waals surface area contributed by atoms with E-state index >= 15 is 0 Å². The minimum atomic E-state index is -0.0885. The number of fused-ring (bicyclic) bond motifs is 1. The molecule has 0 saturated heterocycles. The summed E-state index contributed by atoms with van der Waals surface area (Å²) in [6.07, 6.45) is 2.81. The highest BCUT2D eigenvalue weighted by Crippen LogP contribution is 2.21. The predicted octanol–water partition coefficient (Wildman–Crippen LogP) is 2.66. The molecule has 90 valence electrons. The van der Waals surface area contributed by atoms with Crippen LogP contribution in [0.15, 0.2) is 36.5 Å². The van der Waals surface area contributed by atoms with Gasteiger partial charge in [0.15, 0.2) is 0 Å². The van der Waals surface area contributed by atoms with Crippen LogP contribution < -0.4 is 5.73 Å². The standard InChI is InChI=1S/C14H18N2O/c1-2-9-17-10-13(15)11-5-3-7-14-12(11)6-4-8-16-14/h3-8,13H,2,9-10,15H2,1H3. The summed E-state index contributed by atoms with van der Waals surface area (Å²) in [6.45, 7) is 3.41. The van der Waals surface area contributed by atoms with Gasteiger partial charge in [-0.15, -0.1) is 0 Å². The Bertz CT molecular complexity index is 479. The second kappa shape index (κ2) is 5.75. The molecule has 1 unspecified atom stereocenters. The van der Waals surface area contributed by atoms with Gasteiger partial charge in [-0.2, -0.15) is 0 Å². The normalized spacial score (nSPS) is 12.8. The quantitative estimate of drug-likeness (QED) is 0.803. The first kappa shape index (κ1) is 12.0. The molecule has 3 nitrogen and oxygen atoms in total. The van der Waals surface area contributed by atoms with Crippen LogP contribution >= 0.6 is 0 Å². The molecular weight excluding hydrogens is 212 g/mol. The summed E-state index contributed by atoms with van der Waals surface area (Å²) in [6, 6.07) is 9.93. The first-order valence-electron chi connectivity index (χ1n) is 6.00. The molecule has 1 atom stereocenters. The van der Waals surface area contributed by atoms with Crippen LogP contribution in [0.2, 0.25) is 0 Å². The van der Waals surface area contributed by atoms with E-state index in [1.165, 1.54) is 0 Å². The van der Waals surface area contributed by atoms with E-state index in [2.05, 4.69) is 18.0 Å². The maximum Gasteiger partial charge on any atom is 0.0705 e. The highest BCUT2D eigenvalue weighted by Gasteiger charge is 2.09. The van der Waals surface area contributed by atoms with Crippen molar-refractivity contribution in [2.75, 3.05) is 13.2 Å². The Hall–Kier alpha value is -1.45. The minimum absolute atomic E-state index is 0.0885. The van der Waals surface area contributed by atoms with E-state index in [1.54, 1.807) is 6.20 Å². The van der Waals surface area contributed by atoms with Crippen LogP contribution in [0.5, 0.6) is 0 Å². The lowest BCUT2D eigenvalue weighted by atomic mass is 10.0. The molecule has 1 aromatic heterocycles. The van der Waals surface area contributed by atoms with Crippen molar-refractivity contribution in [1.82, 2.24) is 4.98 Å². The number of aromatic nitrogens is 1. The topological polar surface area (TPSA) is 48.1 Å². The molecule has 2 aromatic rings. The van der Waals surface area contributed by atoms with Gasteiger partial charge in [-0.1, -0.05) is 25.1 Å². The minimum Gasteiger partial charge on any atom is -0.379 e. The fourth-order valence-electron chi connectivity index (χ4n) is 1.89. The van der Waals surface area contributed by atoms with Crippen molar-refractivity contribution in [3.05, 3.63) is 42.1 Å². The molecule has 1 aromatic carbocycles. The van der Waals surface area contributed by atoms with Crippen LogP contribution in [-0.4, -0.2) is 18.2 Å². The van der Waals surface area contributed by atoms with Gasteiger partial charge in [0.05, 0.1) is 18.2 Å². The van der Waals surface area contributed by atoms with Crippen molar-refractivity contribution in [3.63, 3.8) is 0 Å². The maximum atomic E-state index is 6.15. The van der Waals surface area contributed by atoms with E-state index < -0.39 is 0 Å². The zero-order chi connectivity index (χ0) is 12.1. The van der Waals surface area contributed by atoms with Gasteiger partial charge >= 0.3 is 0 Å². The van der Waals surface area contributed by atoms with Crippen molar-refractivity contribution in [1.29, 1.82) is 0 Å². The Morgan fingerprint density at radius 2 is 2.18 bits per heavy atom. The number of hydrogen-bond donors (Lipinski definition) is 1. The van der Waals surface area contributed by atoms with Gasteiger partial charge < -0.3 is 10.5 Å². The third kappa shape index (κ3) is 2.81. The first-order chi connectivity index (χ1) is 8.33. The lowest BCUT2D eigenvalue weighted by Crippen LogP contribution is -2.17. The number of rotatable bonds is 5. The molecule has 0 fully saturated rings. The van der Waals surface area contributed by atoms with Gasteiger partial charge in [-0.3, -0.25) is 4.98 Å². The number of nitrogens with zero attached hydrogens (tertiary/aromatic N) is 1. The maximum absolute atomic E-state index is 6.15. The van der Waals surface area contributed by atoms with Crippen LogP contribution in [-0.2, 0) is 4.74 Å². The fourth-order valence-corrected chi connectivity index (χ4v) is 1.89. The second-order valence-electron chi connectivity index (χ2n) is 4.10. The van der Waals surface area contributed by atoms with E-state index in [1.807, 2.05) is 24.3 Å². The summed E-state index contributed by atoms with van der Waals surface area (Å²) < 4.78 is 5.50. The highest BCUT2D eigenvalue weighted by molar-refractivity contribution is 5.82. The molecule has 1 heterocycles. The molecule has 0 bridgehead atoms. The summed E-state index contributed by atoms with van der Waals surface area (Å²) in [5, 5.41) is 1.11. The third-order valence-electron chi connectivity index (χ3n) is 2.72. The molecule has 0 aliphatic rings.